The van der Waals surface area contributed by atoms with Crippen molar-refractivity contribution in [3.63, 3.8) is 0 Å². The van der Waals surface area contributed by atoms with E-state index in [-0.39, 0.29) is 11.5 Å². The molecule has 0 aliphatic heterocycles. The number of hydrogen-bond donors (Lipinski definition) is 4. The third-order valence-electron chi connectivity index (χ3n) is 2.65. The van der Waals surface area contributed by atoms with Gasteiger partial charge in [-0.15, -0.1) is 5.10 Å². The average Bonchev–Trinajstić information content (AvgIpc) is 2.95. The minimum absolute atomic E-state index is 0.0528. The molecule has 20 heavy (non-hydrogen) atoms. The summed E-state index contributed by atoms with van der Waals surface area (Å²) in [5.41, 5.74) is 1.45. The molecule has 0 unspecified atom stereocenters. The summed E-state index contributed by atoms with van der Waals surface area (Å²) >= 11 is 3.33. The highest BCUT2D eigenvalue weighted by atomic mass is 79.9. The lowest BCUT2D eigenvalue weighted by Gasteiger charge is -2.05. The zero-order valence-electron chi connectivity index (χ0n) is 10.2. The first-order valence-electron chi connectivity index (χ1n) is 5.65. The number of nitrogens with zero attached hydrogens (tertiary/aromatic N) is 2. The highest BCUT2D eigenvalue weighted by Gasteiger charge is 2.14. The number of imidazole rings is 1. The van der Waals surface area contributed by atoms with Gasteiger partial charge < -0.3 is 15.3 Å². The van der Waals surface area contributed by atoms with Crippen LogP contribution >= 0.6 is 15.9 Å². The second-order valence-electron chi connectivity index (χ2n) is 4.16. The Morgan fingerprint density at radius 3 is 2.65 bits per heavy atom. The van der Waals surface area contributed by atoms with E-state index in [2.05, 4.69) is 46.4 Å². The van der Waals surface area contributed by atoms with Gasteiger partial charge in [-0.2, -0.15) is 0 Å². The van der Waals surface area contributed by atoms with Crippen molar-refractivity contribution in [1.29, 1.82) is 0 Å². The second-order valence-corrected chi connectivity index (χ2v) is 5.01. The molecular weight excluding hydrogens is 328 g/mol. The monoisotopic (exact) mass is 336 g/mol. The molecule has 0 aliphatic rings. The van der Waals surface area contributed by atoms with Gasteiger partial charge >= 0.3 is 5.69 Å². The maximum atomic E-state index is 12.0. The van der Waals surface area contributed by atoms with Crippen molar-refractivity contribution in [2.75, 3.05) is 5.32 Å². The molecule has 2 aromatic heterocycles. The van der Waals surface area contributed by atoms with Crippen molar-refractivity contribution < 1.29 is 4.79 Å². The molecule has 3 aromatic rings. The number of aromatic amines is 3. The van der Waals surface area contributed by atoms with E-state index in [1.165, 1.54) is 0 Å². The summed E-state index contributed by atoms with van der Waals surface area (Å²) in [6, 6.07) is 3.35. The average molecular weight is 337 g/mol. The normalized spacial score (nSPS) is 10.9. The fraction of sp³-hybridized carbons (Fsp3) is 0.0909. The molecular formula is C11H9BrN6O2. The van der Waals surface area contributed by atoms with Crippen LogP contribution in [-0.4, -0.2) is 31.1 Å². The van der Waals surface area contributed by atoms with Gasteiger partial charge in [-0.3, -0.25) is 9.89 Å². The number of fused-ring (bicyclic) bond motifs is 1. The predicted octanol–water partition coefficient (Wildman–Crippen LogP) is 1.30. The van der Waals surface area contributed by atoms with Gasteiger partial charge in [-0.1, -0.05) is 0 Å². The molecule has 8 nitrogen and oxygen atoms in total. The molecule has 0 radical (unpaired) electrons. The van der Waals surface area contributed by atoms with E-state index in [0.29, 0.717) is 27.0 Å². The lowest BCUT2D eigenvalue weighted by molar-refractivity contribution is 0.101. The van der Waals surface area contributed by atoms with Crippen molar-refractivity contribution in [1.82, 2.24) is 25.1 Å². The van der Waals surface area contributed by atoms with Crippen LogP contribution < -0.4 is 11.0 Å². The number of nitrogens with one attached hydrogen (secondary N) is 4. The van der Waals surface area contributed by atoms with E-state index in [1.807, 2.05) is 0 Å². The topological polar surface area (TPSA) is 119 Å². The van der Waals surface area contributed by atoms with Crippen LogP contribution in [0.15, 0.2) is 21.4 Å². The van der Waals surface area contributed by atoms with Crippen LogP contribution in [0, 0.1) is 6.92 Å². The molecule has 0 bridgehead atoms. The van der Waals surface area contributed by atoms with Gasteiger partial charge in [0.15, 0.2) is 0 Å². The number of hydrogen-bond acceptors (Lipinski definition) is 4. The molecule has 0 fully saturated rings. The summed E-state index contributed by atoms with van der Waals surface area (Å²) in [7, 11) is 0. The number of carbonyl (C=O) groups excluding carboxylic acids is 1. The lowest BCUT2D eigenvalue weighted by atomic mass is 10.2. The molecule has 2 heterocycles. The molecule has 9 heteroatoms. The Bertz CT molecular complexity index is 861. The SMILES string of the molecule is Cc1nc(C(=O)Nc2cc3[nH]c(=O)[nH]c3cc2Br)n[nH]1. The number of H-pyrrole nitrogens is 3. The summed E-state index contributed by atoms with van der Waals surface area (Å²) in [4.78, 5) is 32.4. The van der Waals surface area contributed by atoms with Gasteiger partial charge in [0.25, 0.3) is 5.91 Å². The Morgan fingerprint density at radius 1 is 1.30 bits per heavy atom. The van der Waals surface area contributed by atoms with E-state index >= 15 is 0 Å². The third-order valence-corrected chi connectivity index (χ3v) is 3.31. The standard InChI is InChI=1S/C11H9BrN6O2/c1-4-13-9(18-17-4)10(19)14-6-3-8-7(2-5(6)12)15-11(20)16-8/h2-3H,1H3,(H,14,19)(H,13,17,18)(H2,15,16,20). The quantitative estimate of drug-likeness (QED) is 0.563. The summed E-state index contributed by atoms with van der Waals surface area (Å²) in [6.07, 6.45) is 0. The fourth-order valence-corrected chi connectivity index (χ4v) is 2.22. The van der Waals surface area contributed by atoms with Crippen LogP contribution in [0.5, 0.6) is 0 Å². The van der Waals surface area contributed by atoms with Crippen LogP contribution in [0.4, 0.5) is 5.69 Å². The van der Waals surface area contributed by atoms with Crippen LogP contribution in [0.3, 0.4) is 0 Å². The second kappa shape index (κ2) is 4.60. The van der Waals surface area contributed by atoms with E-state index < -0.39 is 5.91 Å². The van der Waals surface area contributed by atoms with Crippen molar-refractivity contribution in [3.8, 4) is 0 Å². The summed E-state index contributed by atoms with van der Waals surface area (Å²) < 4.78 is 0.640. The van der Waals surface area contributed by atoms with Gasteiger partial charge in [-0.25, -0.2) is 9.78 Å². The van der Waals surface area contributed by atoms with Gasteiger partial charge in [0.2, 0.25) is 5.82 Å². The van der Waals surface area contributed by atoms with Crippen molar-refractivity contribution >= 4 is 38.6 Å². The van der Waals surface area contributed by atoms with E-state index in [9.17, 15) is 9.59 Å². The molecule has 102 valence electrons. The van der Waals surface area contributed by atoms with Gasteiger partial charge in [-0.05, 0) is 35.0 Å². The number of aryl methyl sites for hydroxylation is 1. The molecule has 4 N–H and O–H groups in total. The largest absolute Gasteiger partial charge is 0.323 e. The Labute approximate surface area is 120 Å². The minimum Gasteiger partial charge on any atom is -0.318 e. The van der Waals surface area contributed by atoms with Crippen molar-refractivity contribution in [3.05, 3.63) is 38.7 Å². The Kier molecular flexibility index (Phi) is 2.90. The van der Waals surface area contributed by atoms with Crippen molar-refractivity contribution in [2.24, 2.45) is 0 Å². The van der Waals surface area contributed by atoms with Crippen LogP contribution in [0.1, 0.15) is 16.4 Å². The molecule has 0 saturated heterocycles. The molecule has 0 saturated carbocycles. The van der Waals surface area contributed by atoms with Gasteiger partial charge in [0.1, 0.15) is 5.82 Å². The first kappa shape index (κ1) is 12.6. The summed E-state index contributed by atoms with van der Waals surface area (Å²) in [6.45, 7) is 1.70. The Hall–Kier alpha value is -2.42. The van der Waals surface area contributed by atoms with Crippen LogP contribution in [-0.2, 0) is 0 Å². The summed E-state index contributed by atoms with van der Waals surface area (Å²) in [5.74, 6) is 0.170. The fourth-order valence-electron chi connectivity index (χ4n) is 1.77. The van der Waals surface area contributed by atoms with E-state index in [4.69, 9.17) is 0 Å². The maximum absolute atomic E-state index is 12.0. The Balaban J connectivity index is 1.95. The number of aromatic nitrogens is 5. The number of carbonyl (C=O) groups is 1. The highest BCUT2D eigenvalue weighted by Crippen LogP contribution is 2.26. The minimum atomic E-state index is -0.438. The number of amides is 1. The number of anilines is 1. The molecule has 0 atom stereocenters. The zero-order chi connectivity index (χ0) is 14.3. The van der Waals surface area contributed by atoms with Crippen molar-refractivity contribution in [2.45, 2.75) is 6.92 Å². The highest BCUT2D eigenvalue weighted by molar-refractivity contribution is 9.10. The maximum Gasteiger partial charge on any atom is 0.323 e. The first-order valence-corrected chi connectivity index (χ1v) is 6.44. The summed E-state index contributed by atoms with van der Waals surface area (Å²) in [5, 5.41) is 9.05. The Morgan fingerprint density at radius 2 is 2.00 bits per heavy atom. The molecule has 0 aliphatic carbocycles. The smallest absolute Gasteiger partial charge is 0.318 e. The number of halogens is 1. The molecule has 1 amide bonds. The van der Waals surface area contributed by atoms with E-state index in [0.717, 1.165) is 0 Å². The predicted molar refractivity (Wildman–Crippen MR) is 75.7 cm³/mol. The van der Waals surface area contributed by atoms with Gasteiger partial charge in [0.05, 0.1) is 16.7 Å². The van der Waals surface area contributed by atoms with Crippen LogP contribution in [0.2, 0.25) is 0 Å². The van der Waals surface area contributed by atoms with E-state index in [1.54, 1.807) is 19.1 Å². The first-order chi connectivity index (χ1) is 9.52. The number of benzene rings is 1. The molecule has 0 spiro atoms. The molecule has 1 aromatic carbocycles. The van der Waals surface area contributed by atoms with Gasteiger partial charge in [0, 0.05) is 4.47 Å². The lowest BCUT2D eigenvalue weighted by Crippen LogP contribution is -2.14. The third kappa shape index (κ3) is 2.23. The molecule has 3 rings (SSSR count). The van der Waals surface area contributed by atoms with Crippen LogP contribution in [0.25, 0.3) is 11.0 Å². The number of rotatable bonds is 2. The zero-order valence-corrected chi connectivity index (χ0v) is 11.8.